The van der Waals surface area contributed by atoms with E-state index in [9.17, 15) is 0 Å². The molecule has 6 heteroatoms. The summed E-state index contributed by atoms with van der Waals surface area (Å²) in [7, 11) is 0. The van der Waals surface area contributed by atoms with Crippen molar-refractivity contribution in [3.05, 3.63) is 83.6 Å². The largest absolute Gasteiger partial charge is 0.455 e. The average Bonchev–Trinajstić information content (AvgIpc) is 3.28. The average molecular weight is 392 g/mol. The molecule has 0 saturated carbocycles. The Morgan fingerprint density at radius 3 is 2.63 bits per heavy atom. The summed E-state index contributed by atoms with van der Waals surface area (Å²) >= 11 is 0. The normalized spacial score (nSPS) is 17.6. The number of pyridine rings is 1. The van der Waals surface area contributed by atoms with Crippen LogP contribution in [0.4, 0.5) is 17.2 Å². The molecule has 0 N–H and O–H groups in total. The van der Waals surface area contributed by atoms with E-state index < -0.39 is 0 Å². The highest BCUT2D eigenvalue weighted by Gasteiger charge is 2.40. The second kappa shape index (κ2) is 6.42. The number of hydrogen-bond acceptors (Lipinski definition) is 5. The van der Waals surface area contributed by atoms with Crippen LogP contribution in [-0.4, -0.2) is 22.9 Å². The Morgan fingerprint density at radius 2 is 1.77 bits per heavy atom. The molecule has 0 aliphatic carbocycles. The van der Waals surface area contributed by atoms with Crippen LogP contribution in [0.25, 0.3) is 23.1 Å². The molecule has 2 aliphatic heterocycles. The Bertz CT molecular complexity index is 1370. The summed E-state index contributed by atoms with van der Waals surface area (Å²) < 4.78 is 6.17. The zero-order valence-electron chi connectivity index (χ0n) is 16.9. The van der Waals surface area contributed by atoms with Gasteiger partial charge in [0.1, 0.15) is 11.7 Å². The fourth-order valence-corrected chi connectivity index (χ4v) is 4.65. The first-order valence-electron chi connectivity index (χ1n) is 10.3. The summed E-state index contributed by atoms with van der Waals surface area (Å²) in [5.41, 5.74) is 4.06. The number of hydrogen-bond donors (Lipinski definition) is 0. The van der Waals surface area contributed by atoms with Gasteiger partial charge in [0.2, 0.25) is 0 Å². The molecule has 0 unspecified atom stereocenters. The molecule has 0 bridgehead atoms. The topological polar surface area (TPSA) is 35.8 Å². The molecule has 6 rings (SSSR count). The van der Waals surface area contributed by atoms with Gasteiger partial charge in [-0.1, -0.05) is 49.2 Å². The minimum atomic E-state index is 0.0651. The van der Waals surface area contributed by atoms with Crippen molar-refractivity contribution in [1.29, 1.82) is 0 Å². The molecule has 146 valence electrons. The molecule has 2 aliphatic rings. The molecule has 0 radical (unpaired) electrons. The number of fused-ring (bicyclic) bond motifs is 4. The molecule has 30 heavy (non-hydrogen) atoms. The molecule has 4 aromatic rings. The van der Waals surface area contributed by atoms with E-state index in [0.29, 0.717) is 0 Å². The van der Waals surface area contributed by atoms with E-state index in [0.717, 1.165) is 33.6 Å². The van der Waals surface area contributed by atoms with Gasteiger partial charge < -0.3 is 14.2 Å². The lowest BCUT2D eigenvalue weighted by molar-refractivity contribution is 0.480. The quantitative estimate of drug-likeness (QED) is 0.486. The first-order chi connectivity index (χ1) is 14.7. The smallest absolute Gasteiger partial charge is 0.304 e. The van der Waals surface area contributed by atoms with Crippen molar-refractivity contribution in [2.75, 3.05) is 9.91 Å². The summed E-state index contributed by atoms with van der Waals surface area (Å²) in [6, 6.07) is 22.8. The van der Waals surface area contributed by atoms with E-state index >= 15 is 0 Å². The third-order valence-electron chi connectivity index (χ3n) is 5.99. The minimum Gasteiger partial charge on any atom is -0.455 e. The Kier molecular flexibility index (Phi) is 3.69. The number of furan rings is 1. The molecule has 0 amide bonds. The Labute approximate surface area is 175 Å². The zero-order valence-corrected chi connectivity index (χ0v) is 16.9. The number of anilines is 3. The summed E-state index contributed by atoms with van der Waals surface area (Å²) in [5, 5.41) is 4.59. The Balaban J connectivity index is 1.51. The number of rotatable bonds is 2. The van der Waals surface area contributed by atoms with E-state index in [2.05, 4.69) is 83.2 Å². The summed E-state index contributed by atoms with van der Waals surface area (Å²) in [4.78, 5) is 9.32. The Morgan fingerprint density at radius 1 is 0.967 bits per heavy atom. The fourth-order valence-electron chi connectivity index (χ4n) is 4.65. The maximum Gasteiger partial charge on any atom is 0.304 e. The zero-order chi connectivity index (χ0) is 20.2. The van der Waals surface area contributed by atoms with Crippen LogP contribution in [0.15, 0.2) is 77.3 Å². The van der Waals surface area contributed by atoms with Gasteiger partial charge in [-0.3, -0.25) is 5.01 Å². The van der Waals surface area contributed by atoms with Crippen LogP contribution in [-0.2, 0) is 0 Å². The first-order valence-corrected chi connectivity index (χ1v) is 10.3. The highest BCUT2D eigenvalue weighted by Crippen LogP contribution is 2.43. The van der Waals surface area contributed by atoms with Gasteiger partial charge in [-0.05, 0) is 37.3 Å². The van der Waals surface area contributed by atoms with Gasteiger partial charge in [0.25, 0.3) is 0 Å². The van der Waals surface area contributed by atoms with Crippen LogP contribution in [0, 0.1) is 0 Å². The summed E-state index contributed by atoms with van der Waals surface area (Å²) in [5.74, 6) is 3.23. The van der Waals surface area contributed by atoms with Crippen molar-refractivity contribution in [3.8, 4) is 0 Å². The summed E-state index contributed by atoms with van der Waals surface area (Å²) in [6.45, 7) is 4.58. The lowest BCUT2D eigenvalue weighted by Gasteiger charge is -2.39. The lowest BCUT2D eigenvalue weighted by Crippen LogP contribution is -2.55. The predicted octanol–water partition coefficient (Wildman–Crippen LogP) is 3.74. The molecule has 1 atom stereocenters. The maximum absolute atomic E-state index is 6.17. The molecular weight excluding hydrogens is 371 g/mol. The van der Waals surface area contributed by atoms with Gasteiger partial charge in [0.05, 0.1) is 11.9 Å². The standard InChI is InChI=1S/C24H21BN4O/c1-17-28(18-9-4-3-5-10-18)21-12-8-14-26-24(21)29(17)27-16-23-20(15-25(27)2)19-11-6-7-13-22(19)30-23/h3-17H,1-2H3/t17-/m0/s1. The molecular formula is C24H21BN4O. The van der Waals surface area contributed by atoms with Crippen LogP contribution in [0.1, 0.15) is 6.92 Å². The monoisotopic (exact) mass is 392 g/mol. The van der Waals surface area contributed by atoms with Crippen molar-refractivity contribution < 1.29 is 4.42 Å². The predicted molar refractivity (Wildman–Crippen MR) is 123 cm³/mol. The van der Waals surface area contributed by atoms with Gasteiger partial charge in [0.15, 0.2) is 11.2 Å². The third-order valence-corrected chi connectivity index (χ3v) is 5.99. The summed E-state index contributed by atoms with van der Waals surface area (Å²) in [6.07, 6.45) is 4.04. The number of para-hydroxylation sites is 2. The minimum absolute atomic E-state index is 0.0651. The molecule has 0 saturated heterocycles. The molecule has 5 nitrogen and oxygen atoms in total. The van der Waals surface area contributed by atoms with Crippen LogP contribution in [0.3, 0.4) is 0 Å². The number of hydrazine groups is 1. The van der Waals surface area contributed by atoms with Crippen molar-refractivity contribution in [3.63, 3.8) is 0 Å². The van der Waals surface area contributed by atoms with E-state index in [1.165, 1.54) is 5.22 Å². The van der Waals surface area contributed by atoms with Crippen LogP contribution < -0.4 is 20.5 Å². The third kappa shape index (κ3) is 2.40. The second-order valence-corrected chi connectivity index (χ2v) is 7.82. The van der Waals surface area contributed by atoms with Gasteiger partial charge >= 0.3 is 6.85 Å². The second-order valence-electron chi connectivity index (χ2n) is 7.82. The van der Waals surface area contributed by atoms with Gasteiger partial charge in [-0.15, -0.1) is 0 Å². The van der Waals surface area contributed by atoms with Crippen molar-refractivity contribution in [1.82, 2.24) is 9.90 Å². The molecule has 0 fully saturated rings. The van der Waals surface area contributed by atoms with Crippen molar-refractivity contribution in [2.45, 2.75) is 19.9 Å². The van der Waals surface area contributed by atoms with E-state index in [4.69, 9.17) is 9.40 Å². The number of nitrogens with zero attached hydrogens (tertiary/aromatic N) is 4. The fraction of sp³-hybridized carbons (Fsp3) is 0.125. The van der Waals surface area contributed by atoms with Crippen molar-refractivity contribution >= 4 is 47.2 Å². The van der Waals surface area contributed by atoms with E-state index in [-0.39, 0.29) is 13.0 Å². The highest BCUT2D eigenvalue weighted by molar-refractivity contribution is 6.70. The maximum atomic E-state index is 6.17. The molecule has 2 aromatic carbocycles. The molecule has 2 aromatic heterocycles. The van der Waals surface area contributed by atoms with Gasteiger partial charge in [-0.25, -0.2) is 4.98 Å². The van der Waals surface area contributed by atoms with Gasteiger partial charge in [-0.2, -0.15) is 0 Å². The van der Waals surface area contributed by atoms with Crippen LogP contribution in [0.5, 0.6) is 0 Å². The highest BCUT2D eigenvalue weighted by atomic mass is 16.3. The number of benzene rings is 2. The molecule has 0 spiro atoms. The van der Waals surface area contributed by atoms with E-state index in [1.54, 1.807) is 0 Å². The lowest BCUT2D eigenvalue weighted by atomic mass is 9.63. The van der Waals surface area contributed by atoms with Crippen molar-refractivity contribution in [2.24, 2.45) is 0 Å². The SMILES string of the molecule is CB1C=c2c(oc3ccccc23)=CN1N1c2ncccc2N(c2ccccc2)[C@@H]1C. The Hall–Kier alpha value is -3.67. The molecule has 4 heterocycles. The first kappa shape index (κ1) is 17.2. The van der Waals surface area contributed by atoms with Crippen LogP contribution in [0.2, 0.25) is 6.82 Å². The van der Waals surface area contributed by atoms with E-state index in [1.807, 2.05) is 30.5 Å². The van der Waals surface area contributed by atoms with Crippen LogP contribution >= 0.6 is 0 Å². The van der Waals surface area contributed by atoms with Gasteiger partial charge in [0, 0.05) is 22.5 Å². The number of aromatic nitrogens is 1.